The van der Waals surface area contributed by atoms with Crippen LogP contribution < -0.4 is 10.1 Å². The predicted octanol–water partition coefficient (Wildman–Crippen LogP) is 1.17. The zero-order valence-electron chi connectivity index (χ0n) is 8.78. The van der Waals surface area contributed by atoms with Gasteiger partial charge in [0.15, 0.2) is 6.61 Å². The van der Waals surface area contributed by atoms with Gasteiger partial charge in [-0.3, -0.25) is 4.79 Å². The number of aliphatic hydroxyl groups is 1. The van der Waals surface area contributed by atoms with Crippen LogP contribution in [0, 0.1) is 3.57 Å². The van der Waals surface area contributed by atoms with E-state index in [1.807, 2.05) is 24.3 Å². The molecule has 0 aromatic heterocycles. The molecule has 88 valence electrons. The molecule has 1 aromatic carbocycles. The normalized spacial score (nSPS) is 9.88. The molecule has 1 rings (SSSR count). The summed E-state index contributed by atoms with van der Waals surface area (Å²) in [5, 5.41) is 11.2. The number of aliphatic hydroxyl groups excluding tert-OH is 1. The van der Waals surface area contributed by atoms with Crippen molar-refractivity contribution >= 4 is 28.5 Å². The highest BCUT2D eigenvalue weighted by Crippen LogP contribution is 2.12. The SMILES string of the molecule is O=C(COc1ccc(I)cc1)NCCCO. The average Bonchev–Trinajstić information content (AvgIpc) is 2.29. The van der Waals surface area contributed by atoms with Crippen molar-refractivity contribution in [1.29, 1.82) is 0 Å². The lowest BCUT2D eigenvalue weighted by Gasteiger charge is -2.06. The van der Waals surface area contributed by atoms with Crippen molar-refractivity contribution < 1.29 is 14.6 Å². The number of rotatable bonds is 6. The lowest BCUT2D eigenvalue weighted by molar-refractivity contribution is -0.123. The lowest BCUT2D eigenvalue weighted by atomic mass is 10.3. The smallest absolute Gasteiger partial charge is 0.257 e. The molecule has 0 spiro atoms. The number of amides is 1. The van der Waals surface area contributed by atoms with Gasteiger partial charge in [0.2, 0.25) is 0 Å². The molecule has 1 amide bonds. The van der Waals surface area contributed by atoms with Gasteiger partial charge in [-0.25, -0.2) is 0 Å². The van der Waals surface area contributed by atoms with Gasteiger partial charge in [0.05, 0.1) is 0 Å². The Kier molecular flexibility index (Phi) is 6.17. The molecule has 0 bridgehead atoms. The molecular weight excluding hydrogens is 321 g/mol. The van der Waals surface area contributed by atoms with E-state index in [9.17, 15) is 4.79 Å². The highest BCUT2D eigenvalue weighted by molar-refractivity contribution is 14.1. The van der Waals surface area contributed by atoms with E-state index in [0.717, 1.165) is 3.57 Å². The summed E-state index contributed by atoms with van der Waals surface area (Å²) in [6.45, 7) is 0.565. The van der Waals surface area contributed by atoms with Gasteiger partial charge in [-0.2, -0.15) is 0 Å². The maximum atomic E-state index is 11.2. The number of carbonyl (C=O) groups excluding carboxylic acids is 1. The quantitative estimate of drug-likeness (QED) is 0.606. The monoisotopic (exact) mass is 335 g/mol. The average molecular weight is 335 g/mol. The second kappa shape index (κ2) is 7.45. The molecular formula is C11H14INO3. The molecule has 0 heterocycles. The topological polar surface area (TPSA) is 58.6 Å². The Hall–Kier alpha value is -0.820. The van der Waals surface area contributed by atoms with Crippen LogP contribution in [-0.4, -0.2) is 30.8 Å². The summed E-state index contributed by atoms with van der Waals surface area (Å²) in [5.41, 5.74) is 0. The minimum absolute atomic E-state index is 0.00597. The second-order valence-corrected chi connectivity index (χ2v) is 4.42. The largest absolute Gasteiger partial charge is 0.484 e. The Bertz CT molecular complexity index is 327. The number of hydrogen-bond acceptors (Lipinski definition) is 3. The van der Waals surface area contributed by atoms with Crippen molar-refractivity contribution in [3.8, 4) is 5.75 Å². The second-order valence-electron chi connectivity index (χ2n) is 3.17. The fraction of sp³-hybridized carbons (Fsp3) is 0.364. The standard InChI is InChI=1S/C11H14INO3/c12-9-2-4-10(5-3-9)16-8-11(15)13-6-1-7-14/h2-5,14H,1,6-8H2,(H,13,15). The zero-order valence-corrected chi connectivity index (χ0v) is 10.9. The summed E-state index contributed by atoms with van der Waals surface area (Å²) in [5.74, 6) is 0.504. The summed E-state index contributed by atoms with van der Waals surface area (Å²) in [6.07, 6.45) is 0.565. The first kappa shape index (κ1) is 13.2. The van der Waals surface area contributed by atoms with Crippen LogP contribution in [0.1, 0.15) is 6.42 Å². The number of carbonyl (C=O) groups is 1. The van der Waals surface area contributed by atoms with E-state index in [2.05, 4.69) is 27.9 Å². The van der Waals surface area contributed by atoms with E-state index in [0.29, 0.717) is 18.7 Å². The number of benzene rings is 1. The van der Waals surface area contributed by atoms with E-state index in [1.54, 1.807) is 0 Å². The molecule has 1 aromatic rings. The lowest BCUT2D eigenvalue weighted by Crippen LogP contribution is -2.30. The van der Waals surface area contributed by atoms with Gasteiger partial charge in [-0.1, -0.05) is 0 Å². The number of ether oxygens (including phenoxy) is 1. The van der Waals surface area contributed by atoms with Crippen LogP contribution in [0.5, 0.6) is 5.75 Å². The number of nitrogens with one attached hydrogen (secondary N) is 1. The highest BCUT2D eigenvalue weighted by Gasteiger charge is 2.01. The summed E-state index contributed by atoms with van der Waals surface area (Å²) in [6, 6.07) is 7.48. The van der Waals surface area contributed by atoms with Crippen LogP contribution in [0.3, 0.4) is 0 Å². The van der Waals surface area contributed by atoms with Crippen LogP contribution in [0.15, 0.2) is 24.3 Å². The van der Waals surface area contributed by atoms with Crippen LogP contribution in [0.4, 0.5) is 0 Å². The van der Waals surface area contributed by atoms with Gasteiger partial charge in [0, 0.05) is 16.7 Å². The third-order valence-electron chi connectivity index (χ3n) is 1.84. The first-order chi connectivity index (χ1) is 7.72. The number of hydrogen-bond donors (Lipinski definition) is 2. The molecule has 0 aliphatic carbocycles. The van der Waals surface area contributed by atoms with Crippen molar-refractivity contribution in [2.75, 3.05) is 19.8 Å². The van der Waals surface area contributed by atoms with Gasteiger partial charge in [0.25, 0.3) is 5.91 Å². The van der Waals surface area contributed by atoms with Crippen molar-refractivity contribution in [1.82, 2.24) is 5.32 Å². The fourth-order valence-electron chi connectivity index (χ4n) is 1.04. The van der Waals surface area contributed by atoms with Crippen LogP contribution in [0.2, 0.25) is 0 Å². The molecule has 0 unspecified atom stereocenters. The Morgan fingerprint density at radius 1 is 1.38 bits per heavy atom. The third kappa shape index (κ3) is 5.32. The first-order valence-corrected chi connectivity index (χ1v) is 6.06. The van der Waals surface area contributed by atoms with Gasteiger partial charge in [0.1, 0.15) is 5.75 Å². The molecule has 16 heavy (non-hydrogen) atoms. The van der Waals surface area contributed by atoms with Crippen molar-refractivity contribution in [3.05, 3.63) is 27.8 Å². The van der Waals surface area contributed by atoms with Gasteiger partial charge >= 0.3 is 0 Å². The van der Waals surface area contributed by atoms with Gasteiger partial charge in [-0.05, 0) is 53.3 Å². The maximum absolute atomic E-state index is 11.2. The van der Waals surface area contributed by atoms with Crippen LogP contribution in [-0.2, 0) is 4.79 Å². The minimum Gasteiger partial charge on any atom is -0.484 e. The summed E-state index contributed by atoms with van der Waals surface area (Å²) in [7, 11) is 0. The van der Waals surface area contributed by atoms with E-state index >= 15 is 0 Å². The molecule has 4 nitrogen and oxygen atoms in total. The van der Waals surface area contributed by atoms with Gasteiger partial charge < -0.3 is 15.2 Å². The Labute approximate surface area is 108 Å². The van der Waals surface area contributed by atoms with E-state index in [-0.39, 0.29) is 19.1 Å². The molecule has 0 fully saturated rings. The molecule has 5 heteroatoms. The maximum Gasteiger partial charge on any atom is 0.257 e. The third-order valence-corrected chi connectivity index (χ3v) is 2.56. The van der Waals surface area contributed by atoms with Crippen molar-refractivity contribution in [2.45, 2.75) is 6.42 Å². The molecule has 0 aliphatic heterocycles. The van der Waals surface area contributed by atoms with Crippen molar-refractivity contribution in [3.63, 3.8) is 0 Å². The number of halogens is 1. The molecule has 0 atom stereocenters. The van der Waals surface area contributed by atoms with E-state index in [1.165, 1.54) is 0 Å². The summed E-state index contributed by atoms with van der Waals surface area (Å²) >= 11 is 2.20. The van der Waals surface area contributed by atoms with E-state index in [4.69, 9.17) is 9.84 Å². The Morgan fingerprint density at radius 3 is 2.69 bits per heavy atom. The molecule has 2 N–H and O–H groups in total. The van der Waals surface area contributed by atoms with Crippen LogP contribution >= 0.6 is 22.6 Å². The summed E-state index contributed by atoms with van der Waals surface area (Å²) < 4.78 is 6.40. The Morgan fingerprint density at radius 2 is 2.06 bits per heavy atom. The molecule has 0 aliphatic rings. The summed E-state index contributed by atoms with van der Waals surface area (Å²) in [4.78, 5) is 11.2. The molecule has 0 radical (unpaired) electrons. The van der Waals surface area contributed by atoms with Gasteiger partial charge in [-0.15, -0.1) is 0 Å². The predicted molar refractivity (Wildman–Crippen MR) is 69.4 cm³/mol. The van der Waals surface area contributed by atoms with Crippen LogP contribution in [0.25, 0.3) is 0 Å². The molecule has 0 saturated heterocycles. The molecule has 0 saturated carbocycles. The van der Waals surface area contributed by atoms with E-state index < -0.39 is 0 Å². The Balaban J connectivity index is 2.23. The zero-order chi connectivity index (χ0) is 11.8. The first-order valence-electron chi connectivity index (χ1n) is 4.98. The minimum atomic E-state index is -0.174. The van der Waals surface area contributed by atoms with Crippen molar-refractivity contribution in [2.24, 2.45) is 0 Å². The highest BCUT2D eigenvalue weighted by atomic mass is 127. The fourth-order valence-corrected chi connectivity index (χ4v) is 1.40.